The Balaban J connectivity index is 2.31. The highest BCUT2D eigenvalue weighted by Gasteiger charge is 2.48. The molecular formula is C16H24O5. The van der Waals surface area contributed by atoms with Gasteiger partial charge in [-0.25, -0.2) is 0 Å². The number of hydrogen-bond acceptors (Lipinski definition) is 5. The Morgan fingerprint density at radius 2 is 2.19 bits per heavy atom. The number of hydrogen-bond donors (Lipinski definition) is 2. The second-order valence-corrected chi connectivity index (χ2v) is 6.03. The Morgan fingerprint density at radius 3 is 2.86 bits per heavy atom. The van der Waals surface area contributed by atoms with E-state index < -0.39 is 24.2 Å². The fourth-order valence-electron chi connectivity index (χ4n) is 3.17. The smallest absolute Gasteiger partial charge is 0.312 e. The molecule has 21 heavy (non-hydrogen) atoms. The van der Waals surface area contributed by atoms with E-state index in [-0.39, 0.29) is 18.5 Å². The van der Waals surface area contributed by atoms with Crippen LogP contribution < -0.4 is 0 Å². The lowest BCUT2D eigenvalue weighted by molar-refractivity contribution is -0.145. The van der Waals surface area contributed by atoms with Crippen LogP contribution in [0.25, 0.3) is 0 Å². The summed E-state index contributed by atoms with van der Waals surface area (Å²) in [5, 5.41) is 20.6. The molecule has 0 amide bonds. The van der Waals surface area contributed by atoms with Gasteiger partial charge < -0.3 is 19.7 Å². The zero-order valence-electron chi connectivity index (χ0n) is 12.6. The zero-order valence-corrected chi connectivity index (χ0v) is 12.6. The van der Waals surface area contributed by atoms with E-state index in [4.69, 9.17) is 9.47 Å². The van der Waals surface area contributed by atoms with Crippen LogP contribution in [-0.2, 0) is 14.3 Å². The molecule has 0 bridgehead atoms. The lowest BCUT2D eigenvalue weighted by Gasteiger charge is -2.27. The third kappa shape index (κ3) is 3.54. The molecule has 2 N–H and O–H groups in total. The van der Waals surface area contributed by atoms with Crippen LogP contribution in [0.3, 0.4) is 0 Å². The first kappa shape index (κ1) is 16.2. The van der Waals surface area contributed by atoms with Crippen LogP contribution in [0.5, 0.6) is 0 Å². The molecule has 1 fully saturated rings. The predicted octanol–water partition coefficient (Wildman–Crippen LogP) is 1.20. The quantitative estimate of drug-likeness (QED) is 0.591. The molecule has 0 spiro atoms. The first-order chi connectivity index (χ1) is 9.93. The molecule has 2 aliphatic rings. The molecule has 1 aliphatic carbocycles. The zero-order chi connectivity index (χ0) is 15.6. The molecule has 0 aromatic heterocycles. The third-order valence-corrected chi connectivity index (χ3v) is 4.41. The Bertz CT molecular complexity index is 442. The molecule has 5 heteroatoms. The topological polar surface area (TPSA) is 76.0 Å². The molecule has 1 saturated heterocycles. The SMILES string of the molecule is C=C1C[C@@H]2OC(=O)[C@H](COC)[C@H]2[C@H](O)/C=C(/C)CC[C@@H]1O. The van der Waals surface area contributed by atoms with Gasteiger partial charge in [-0.3, -0.25) is 4.79 Å². The fourth-order valence-corrected chi connectivity index (χ4v) is 3.17. The van der Waals surface area contributed by atoms with E-state index in [1.54, 1.807) is 6.08 Å². The Hall–Kier alpha value is -1.17. The number of carbonyl (C=O) groups excluding carboxylic acids is 1. The number of methoxy groups -OCH3 is 1. The van der Waals surface area contributed by atoms with E-state index >= 15 is 0 Å². The highest BCUT2D eigenvalue weighted by Crippen LogP contribution is 2.37. The van der Waals surface area contributed by atoms with E-state index in [0.717, 1.165) is 5.57 Å². The van der Waals surface area contributed by atoms with Crippen molar-refractivity contribution in [3.8, 4) is 0 Å². The van der Waals surface area contributed by atoms with Gasteiger partial charge in [0, 0.05) is 19.4 Å². The lowest BCUT2D eigenvalue weighted by atomic mass is 9.81. The van der Waals surface area contributed by atoms with Gasteiger partial charge in [0.2, 0.25) is 0 Å². The van der Waals surface area contributed by atoms with Crippen molar-refractivity contribution in [3.05, 3.63) is 23.8 Å². The third-order valence-electron chi connectivity index (χ3n) is 4.41. The van der Waals surface area contributed by atoms with Crippen molar-refractivity contribution < 1.29 is 24.5 Å². The minimum Gasteiger partial charge on any atom is -0.461 e. The number of aliphatic hydroxyl groups is 2. The molecule has 5 atom stereocenters. The molecule has 0 saturated carbocycles. The van der Waals surface area contributed by atoms with Gasteiger partial charge in [0.1, 0.15) is 6.10 Å². The van der Waals surface area contributed by atoms with E-state index in [2.05, 4.69) is 6.58 Å². The van der Waals surface area contributed by atoms with Crippen molar-refractivity contribution in [2.24, 2.45) is 11.8 Å². The van der Waals surface area contributed by atoms with Crippen LogP contribution in [0.4, 0.5) is 0 Å². The van der Waals surface area contributed by atoms with Crippen LogP contribution in [0.1, 0.15) is 26.2 Å². The van der Waals surface area contributed by atoms with Gasteiger partial charge in [-0.2, -0.15) is 0 Å². The first-order valence-corrected chi connectivity index (χ1v) is 7.34. The van der Waals surface area contributed by atoms with Crippen molar-refractivity contribution in [3.63, 3.8) is 0 Å². The van der Waals surface area contributed by atoms with Crippen LogP contribution in [-0.4, -0.2) is 48.2 Å². The molecule has 0 aromatic rings. The summed E-state index contributed by atoms with van der Waals surface area (Å²) < 4.78 is 10.5. The standard InChI is InChI=1S/C16H24O5/c1-9-4-5-12(17)10(2)7-14-15(13(18)6-9)11(8-20-3)16(19)21-14/h6,11-15,17-18H,2,4-5,7-8H2,1,3H3/b9-6-/t11-,12+,13-,14+,15+/m1/s1. The minimum atomic E-state index is -0.760. The van der Waals surface area contributed by atoms with E-state index in [1.807, 2.05) is 6.92 Å². The summed E-state index contributed by atoms with van der Waals surface area (Å²) in [4.78, 5) is 12.0. The number of rotatable bonds is 2. The first-order valence-electron chi connectivity index (χ1n) is 7.34. The van der Waals surface area contributed by atoms with Gasteiger partial charge >= 0.3 is 5.97 Å². The summed E-state index contributed by atoms with van der Waals surface area (Å²) >= 11 is 0. The maximum absolute atomic E-state index is 12.0. The molecule has 1 heterocycles. The second-order valence-electron chi connectivity index (χ2n) is 6.03. The van der Waals surface area contributed by atoms with Gasteiger partial charge in [-0.05, 0) is 25.3 Å². The highest BCUT2D eigenvalue weighted by molar-refractivity contribution is 5.75. The molecule has 0 unspecified atom stereocenters. The largest absolute Gasteiger partial charge is 0.461 e. The van der Waals surface area contributed by atoms with Crippen molar-refractivity contribution in [2.45, 2.75) is 44.5 Å². The summed E-state index contributed by atoms with van der Waals surface area (Å²) in [6.07, 6.45) is 1.58. The maximum Gasteiger partial charge on any atom is 0.312 e. The average molecular weight is 296 g/mol. The number of aliphatic hydroxyl groups excluding tert-OH is 2. The molecule has 2 rings (SSSR count). The summed E-state index contributed by atoms with van der Waals surface area (Å²) in [6.45, 7) is 6.04. The van der Waals surface area contributed by atoms with E-state index in [0.29, 0.717) is 24.8 Å². The molecule has 0 radical (unpaired) electrons. The average Bonchev–Trinajstić information content (AvgIpc) is 2.72. The normalized spacial score (nSPS) is 40.2. The fraction of sp³-hybridized carbons (Fsp3) is 0.688. The number of ether oxygens (including phenoxy) is 2. The number of carbonyl (C=O) groups is 1. The Labute approximate surface area is 125 Å². The van der Waals surface area contributed by atoms with Gasteiger partial charge in [0.05, 0.1) is 24.7 Å². The van der Waals surface area contributed by atoms with Gasteiger partial charge in [0.15, 0.2) is 0 Å². The van der Waals surface area contributed by atoms with Crippen molar-refractivity contribution in [1.82, 2.24) is 0 Å². The molecule has 0 aromatic carbocycles. The van der Waals surface area contributed by atoms with E-state index in [1.165, 1.54) is 7.11 Å². The molecular weight excluding hydrogens is 272 g/mol. The van der Waals surface area contributed by atoms with Crippen LogP contribution in [0.15, 0.2) is 23.8 Å². The summed E-state index contributed by atoms with van der Waals surface area (Å²) in [7, 11) is 1.52. The Morgan fingerprint density at radius 1 is 1.48 bits per heavy atom. The van der Waals surface area contributed by atoms with Crippen molar-refractivity contribution >= 4 is 5.97 Å². The highest BCUT2D eigenvalue weighted by atomic mass is 16.6. The molecule has 118 valence electrons. The number of allylic oxidation sites excluding steroid dienone is 1. The minimum absolute atomic E-state index is 0.221. The Kier molecular flexibility index (Phi) is 5.19. The molecule has 5 nitrogen and oxygen atoms in total. The second kappa shape index (κ2) is 6.73. The van der Waals surface area contributed by atoms with E-state index in [9.17, 15) is 15.0 Å². The van der Waals surface area contributed by atoms with Gasteiger partial charge in [-0.1, -0.05) is 18.2 Å². The van der Waals surface area contributed by atoms with Gasteiger partial charge in [-0.15, -0.1) is 0 Å². The van der Waals surface area contributed by atoms with Crippen molar-refractivity contribution in [2.75, 3.05) is 13.7 Å². The number of esters is 1. The van der Waals surface area contributed by atoms with Gasteiger partial charge in [0.25, 0.3) is 0 Å². The summed E-state index contributed by atoms with van der Waals surface area (Å²) in [5.74, 6) is -1.20. The number of fused-ring (bicyclic) bond motifs is 1. The lowest BCUT2D eigenvalue weighted by Crippen LogP contribution is -2.35. The van der Waals surface area contributed by atoms with Crippen molar-refractivity contribution in [1.29, 1.82) is 0 Å². The monoisotopic (exact) mass is 296 g/mol. The van der Waals surface area contributed by atoms with Crippen LogP contribution in [0, 0.1) is 11.8 Å². The van der Waals surface area contributed by atoms with Crippen LogP contribution >= 0.6 is 0 Å². The van der Waals surface area contributed by atoms with Crippen LogP contribution in [0.2, 0.25) is 0 Å². The maximum atomic E-state index is 12.0. The predicted molar refractivity (Wildman–Crippen MR) is 77.5 cm³/mol. The molecule has 1 aliphatic heterocycles. The summed E-state index contributed by atoms with van der Waals surface area (Å²) in [5.41, 5.74) is 1.64. The summed E-state index contributed by atoms with van der Waals surface area (Å²) in [6, 6.07) is 0.